The molecule has 0 aromatic heterocycles. The molecule has 0 heterocycles. The van der Waals surface area contributed by atoms with Gasteiger partial charge in [0.2, 0.25) is 0 Å². The van der Waals surface area contributed by atoms with E-state index in [1.54, 1.807) is 18.2 Å². The second-order valence-electron chi connectivity index (χ2n) is 3.78. The molecule has 7 heteroatoms. The highest BCUT2D eigenvalue weighted by Crippen LogP contribution is 2.25. The minimum atomic E-state index is -0.309. The zero-order chi connectivity index (χ0) is 14.3. The van der Waals surface area contributed by atoms with Crippen molar-refractivity contribution < 1.29 is 14.7 Å². The van der Waals surface area contributed by atoms with E-state index in [1.807, 2.05) is 6.92 Å². The molecule has 0 radical (unpaired) electrons. The molecule has 0 saturated carbocycles. The first-order chi connectivity index (χ1) is 9.12. The Kier molecular flexibility index (Phi) is 5.46. The number of nitrogens with two attached hydrogens (primary N) is 1. The van der Waals surface area contributed by atoms with Gasteiger partial charge in [-0.3, -0.25) is 0 Å². The summed E-state index contributed by atoms with van der Waals surface area (Å²) in [7, 11) is 1.47. The minimum Gasteiger partial charge on any atom is -0.495 e. The van der Waals surface area contributed by atoms with Crippen molar-refractivity contribution in [3.63, 3.8) is 0 Å². The number of ether oxygens (including phenoxy) is 1. The van der Waals surface area contributed by atoms with Gasteiger partial charge >= 0.3 is 6.03 Å². The number of methoxy groups -OCH3 is 1. The molecule has 19 heavy (non-hydrogen) atoms. The molecule has 1 rings (SSSR count). The maximum atomic E-state index is 11.5. The second kappa shape index (κ2) is 7.10. The molecular weight excluding hydrogens is 248 g/mol. The summed E-state index contributed by atoms with van der Waals surface area (Å²) in [4.78, 5) is 11.5. The lowest BCUT2D eigenvalue weighted by Crippen LogP contribution is -2.29. The van der Waals surface area contributed by atoms with Crippen molar-refractivity contribution >= 4 is 17.6 Å². The van der Waals surface area contributed by atoms with Gasteiger partial charge in [-0.05, 0) is 24.6 Å². The number of amidine groups is 1. The van der Waals surface area contributed by atoms with Crippen LogP contribution in [0.4, 0.5) is 10.5 Å². The van der Waals surface area contributed by atoms with Gasteiger partial charge in [0.05, 0.1) is 12.8 Å². The van der Waals surface area contributed by atoms with Gasteiger partial charge in [-0.15, -0.1) is 0 Å². The van der Waals surface area contributed by atoms with Crippen molar-refractivity contribution in [2.24, 2.45) is 10.9 Å². The third kappa shape index (κ3) is 4.06. The number of oxime groups is 1. The summed E-state index contributed by atoms with van der Waals surface area (Å²) < 4.78 is 5.15. The highest BCUT2D eigenvalue weighted by Gasteiger charge is 2.09. The molecule has 0 aliphatic carbocycles. The fraction of sp³-hybridized carbons (Fsp3) is 0.333. The Labute approximate surface area is 111 Å². The molecule has 1 aromatic rings. The van der Waals surface area contributed by atoms with E-state index in [9.17, 15) is 4.79 Å². The van der Waals surface area contributed by atoms with Crippen molar-refractivity contribution in [1.29, 1.82) is 0 Å². The minimum absolute atomic E-state index is 0.0275. The Hall–Kier alpha value is -2.44. The van der Waals surface area contributed by atoms with Crippen LogP contribution in [-0.2, 0) is 0 Å². The maximum absolute atomic E-state index is 11.5. The lowest BCUT2D eigenvalue weighted by molar-refractivity contribution is 0.252. The van der Waals surface area contributed by atoms with Crippen LogP contribution in [0.5, 0.6) is 5.75 Å². The Morgan fingerprint density at radius 1 is 1.53 bits per heavy atom. The van der Waals surface area contributed by atoms with Gasteiger partial charge in [-0.2, -0.15) is 0 Å². The molecule has 1 aromatic carbocycles. The number of hydrogen-bond donors (Lipinski definition) is 4. The molecule has 104 valence electrons. The number of nitrogens with zero attached hydrogens (tertiary/aromatic N) is 1. The SMILES string of the molecule is CCCNC(=O)Nc1ccc(/C(N)=N/O)cc1OC. The van der Waals surface area contributed by atoms with Crippen LogP contribution in [0, 0.1) is 0 Å². The van der Waals surface area contributed by atoms with E-state index in [2.05, 4.69) is 15.8 Å². The molecule has 0 fully saturated rings. The smallest absolute Gasteiger partial charge is 0.319 e. The number of carbonyl (C=O) groups excluding carboxylic acids is 1. The van der Waals surface area contributed by atoms with Crippen LogP contribution in [0.1, 0.15) is 18.9 Å². The van der Waals surface area contributed by atoms with Gasteiger partial charge in [-0.1, -0.05) is 12.1 Å². The standard InChI is InChI=1S/C12H18N4O3/c1-3-6-14-12(17)15-9-5-4-8(11(13)16-18)7-10(9)19-2/h4-5,7,18H,3,6H2,1-2H3,(H2,13,16)(H2,14,15,17). The molecule has 5 N–H and O–H groups in total. The summed E-state index contributed by atoms with van der Waals surface area (Å²) in [6.07, 6.45) is 0.854. The lowest BCUT2D eigenvalue weighted by Gasteiger charge is -2.12. The summed E-state index contributed by atoms with van der Waals surface area (Å²) >= 11 is 0. The fourth-order valence-corrected chi connectivity index (χ4v) is 1.42. The third-order valence-electron chi connectivity index (χ3n) is 2.39. The zero-order valence-corrected chi connectivity index (χ0v) is 10.9. The van der Waals surface area contributed by atoms with Crippen LogP contribution >= 0.6 is 0 Å². The lowest BCUT2D eigenvalue weighted by atomic mass is 10.1. The van der Waals surface area contributed by atoms with Gasteiger partial charge in [0.25, 0.3) is 0 Å². The second-order valence-corrected chi connectivity index (χ2v) is 3.78. The number of hydrogen-bond acceptors (Lipinski definition) is 4. The van der Waals surface area contributed by atoms with Gasteiger partial charge < -0.3 is 26.3 Å². The topological polar surface area (TPSA) is 109 Å². The summed E-state index contributed by atoms with van der Waals surface area (Å²) in [6, 6.07) is 4.51. The predicted molar refractivity (Wildman–Crippen MR) is 72.8 cm³/mol. The van der Waals surface area contributed by atoms with Gasteiger partial charge in [0.1, 0.15) is 5.75 Å². The monoisotopic (exact) mass is 266 g/mol. The first-order valence-electron chi connectivity index (χ1n) is 5.83. The molecule has 7 nitrogen and oxygen atoms in total. The van der Waals surface area contributed by atoms with Crippen molar-refractivity contribution in [2.45, 2.75) is 13.3 Å². The summed E-state index contributed by atoms with van der Waals surface area (Å²) in [5, 5.41) is 16.9. The Morgan fingerprint density at radius 2 is 2.26 bits per heavy atom. The molecule has 0 saturated heterocycles. The zero-order valence-electron chi connectivity index (χ0n) is 10.9. The average Bonchev–Trinajstić information content (AvgIpc) is 2.44. The third-order valence-corrected chi connectivity index (χ3v) is 2.39. The van der Waals surface area contributed by atoms with Crippen molar-refractivity contribution in [2.75, 3.05) is 19.0 Å². The van der Waals surface area contributed by atoms with Crippen LogP contribution < -0.4 is 21.1 Å². The Balaban J connectivity index is 2.87. The van der Waals surface area contributed by atoms with E-state index in [4.69, 9.17) is 15.7 Å². The summed E-state index contributed by atoms with van der Waals surface area (Å²) in [5.41, 5.74) is 6.48. The van der Waals surface area contributed by atoms with E-state index < -0.39 is 0 Å². The number of urea groups is 1. The van der Waals surface area contributed by atoms with E-state index in [0.717, 1.165) is 6.42 Å². The van der Waals surface area contributed by atoms with E-state index in [-0.39, 0.29) is 11.9 Å². The summed E-state index contributed by atoms with van der Waals surface area (Å²) in [5.74, 6) is 0.399. The molecule has 2 amide bonds. The first kappa shape index (κ1) is 14.6. The van der Waals surface area contributed by atoms with E-state index in [1.165, 1.54) is 7.11 Å². The number of rotatable bonds is 5. The highest BCUT2D eigenvalue weighted by atomic mass is 16.5. The van der Waals surface area contributed by atoms with Crippen molar-refractivity contribution in [3.05, 3.63) is 23.8 Å². The van der Waals surface area contributed by atoms with Gasteiger partial charge in [0, 0.05) is 12.1 Å². The molecule has 0 unspecified atom stereocenters. The number of nitrogens with one attached hydrogen (secondary N) is 2. The van der Waals surface area contributed by atoms with E-state index >= 15 is 0 Å². The fourth-order valence-electron chi connectivity index (χ4n) is 1.42. The number of anilines is 1. The molecule has 0 atom stereocenters. The number of amides is 2. The van der Waals surface area contributed by atoms with Crippen molar-refractivity contribution in [3.8, 4) is 5.75 Å². The predicted octanol–water partition coefficient (Wildman–Crippen LogP) is 1.32. The van der Waals surface area contributed by atoms with E-state index in [0.29, 0.717) is 23.5 Å². The number of carbonyl (C=O) groups is 1. The normalized spacial score (nSPS) is 10.9. The van der Waals surface area contributed by atoms with Crippen LogP contribution in [0.15, 0.2) is 23.4 Å². The van der Waals surface area contributed by atoms with Gasteiger partial charge in [-0.25, -0.2) is 4.79 Å². The molecule has 0 bridgehead atoms. The van der Waals surface area contributed by atoms with Crippen LogP contribution in [0.2, 0.25) is 0 Å². The largest absolute Gasteiger partial charge is 0.495 e. The average molecular weight is 266 g/mol. The number of benzene rings is 1. The van der Waals surface area contributed by atoms with Crippen LogP contribution in [-0.4, -0.2) is 30.7 Å². The van der Waals surface area contributed by atoms with Gasteiger partial charge in [0.15, 0.2) is 5.84 Å². The van der Waals surface area contributed by atoms with Crippen molar-refractivity contribution in [1.82, 2.24) is 5.32 Å². The summed E-state index contributed by atoms with van der Waals surface area (Å²) in [6.45, 7) is 2.56. The maximum Gasteiger partial charge on any atom is 0.319 e. The Bertz CT molecular complexity index is 474. The first-order valence-corrected chi connectivity index (χ1v) is 5.83. The Morgan fingerprint density at radius 3 is 2.84 bits per heavy atom. The molecular formula is C12H18N4O3. The quantitative estimate of drug-likeness (QED) is 0.279. The van der Waals surface area contributed by atoms with Crippen LogP contribution in [0.3, 0.4) is 0 Å². The molecule has 0 spiro atoms. The van der Waals surface area contributed by atoms with Crippen LogP contribution in [0.25, 0.3) is 0 Å². The highest BCUT2D eigenvalue weighted by molar-refractivity contribution is 5.99. The molecule has 0 aliphatic rings. The molecule has 0 aliphatic heterocycles.